The zero-order valence-corrected chi connectivity index (χ0v) is 17.3. The van der Waals surface area contributed by atoms with Gasteiger partial charge in [0.1, 0.15) is 11.6 Å². The van der Waals surface area contributed by atoms with Crippen LogP contribution in [0.4, 0.5) is 4.79 Å². The van der Waals surface area contributed by atoms with E-state index in [2.05, 4.69) is 24.5 Å². The van der Waals surface area contributed by atoms with Crippen LogP contribution in [0.5, 0.6) is 0 Å². The highest BCUT2D eigenvalue weighted by Gasteiger charge is 2.24. The third-order valence-electron chi connectivity index (χ3n) is 3.73. The van der Waals surface area contributed by atoms with Crippen LogP contribution in [0.15, 0.2) is 30.3 Å². The van der Waals surface area contributed by atoms with Gasteiger partial charge in [0.05, 0.1) is 0 Å². The maximum absolute atomic E-state index is 12.5. The maximum atomic E-state index is 12.5. The van der Waals surface area contributed by atoms with Crippen LogP contribution in [0, 0.1) is 5.92 Å². The molecule has 2 N–H and O–H groups in total. The van der Waals surface area contributed by atoms with Crippen LogP contribution in [-0.2, 0) is 15.3 Å². The number of carbonyl (C=O) groups excluding carboxylic acids is 2. The molecule has 0 spiro atoms. The number of hydrogen-bond donors (Lipinski definition) is 2. The molecule has 0 aliphatic heterocycles. The van der Waals surface area contributed by atoms with Gasteiger partial charge in [-0.25, -0.2) is 4.79 Å². The SMILES string of the molecule is CCC(C)CNC(=O)[C@H](CSCc1ccccc1)NC(=O)OC(C)(C)C. The molecular weight excluding hydrogens is 348 g/mol. The lowest BCUT2D eigenvalue weighted by Crippen LogP contribution is -2.50. The second-order valence-corrected chi connectivity index (χ2v) is 8.49. The Labute approximate surface area is 161 Å². The fraction of sp³-hybridized carbons (Fsp3) is 0.600. The minimum Gasteiger partial charge on any atom is -0.444 e. The summed E-state index contributed by atoms with van der Waals surface area (Å²) in [6.07, 6.45) is 0.425. The Morgan fingerprint density at radius 3 is 2.42 bits per heavy atom. The van der Waals surface area contributed by atoms with E-state index < -0.39 is 17.7 Å². The first kappa shape index (κ1) is 22.4. The second-order valence-electron chi connectivity index (χ2n) is 7.46. The number of amides is 2. The van der Waals surface area contributed by atoms with Crippen molar-refractivity contribution in [3.8, 4) is 0 Å². The van der Waals surface area contributed by atoms with Crippen molar-refractivity contribution in [3.05, 3.63) is 35.9 Å². The molecule has 26 heavy (non-hydrogen) atoms. The molecule has 2 amide bonds. The van der Waals surface area contributed by atoms with Gasteiger partial charge in [0.15, 0.2) is 0 Å². The molecule has 0 bridgehead atoms. The van der Waals surface area contributed by atoms with Crippen LogP contribution >= 0.6 is 11.8 Å². The van der Waals surface area contributed by atoms with Gasteiger partial charge >= 0.3 is 6.09 Å². The Hall–Kier alpha value is -1.69. The van der Waals surface area contributed by atoms with E-state index in [9.17, 15) is 9.59 Å². The molecule has 2 atom stereocenters. The Morgan fingerprint density at radius 1 is 1.19 bits per heavy atom. The highest BCUT2D eigenvalue weighted by atomic mass is 32.2. The van der Waals surface area contributed by atoms with Crippen LogP contribution in [0.2, 0.25) is 0 Å². The number of alkyl carbamates (subject to hydrolysis) is 1. The number of nitrogens with one attached hydrogen (secondary N) is 2. The number of ether oxygens (including phenoxy) is 1. The predicted molar refractivity (Wildman–Crippen MR) is 108 cm³/mol. The monoisotopic (exact) mass is 380 g/mol. The van der Waals surface area contributed by atoms with Crippen LogP contribution in [-0.4, -0.2) is 35.9 Å². The van der Waals surface area contributed by atoms with E-state index in [1.54, 1.807) is 32.5 Å². The third kappa shape index (κ3) is 9.70. The van der Waals surface area contributed by atoms with Gasteiger partial charge < -0.3 is 15.4 Å². The maximum Gasteiger partial charge on any atom is 0.408 e. The second kappa shape index (κ2) is 11.1. The molecule has 1 unspecified atom stereocenters. The summed E-state index contributed by atoms with van der Waals surface area (Å²) in [4.78, 5) is 24.6. The lowest BCUT2D eigenvalue weighted by Gasteiger charge is -2.23. The van der Waals surface area contributed by atoms with Crippen molar-refractivity contribution < 1.29 is 14.3 Å². The Balaban J connectivity index is 2.61. The molecule has 5 nitrogen and oxygen atoms in total. The molecule has 6 heteroatoms. The van der Waals surface area contributed by atoms with Gasteiger partial charge in [-0.15, -0.1) is 0 Å². The average molecular weight is 381 g/mol. The number of carbonyl (C=O) groups is 2. The number of rotatable bonds is 9. The molecule has 0 saturated heterocycles. The van der Waals surface area contributed by atoms with E-state index >= 15 is 0 Å². The van der Waals surface area contributed by atoms with E-state index in [4.69, 9.17) is 4.74 Å². The molecule has 0 aliphatic rings. The number of hydrogen-bond acceptors (Lipinski definition) is 4. The van der Waals surface area contributed by atoms with Crippen molar-refractivity contribution >= 4 is 23.8 Å². The van der Waals surface area contributed by atoms with Crippen molar-refractivity contribution in [2.45, 2.75) is 58.4 Å². The Bertz CT molecular complexity index is 558. The largest absolute Gasteiger partial charge is 0.444 e. The topological polar surface area (TPSA) is 67.4 Å². The first-order chi connectivity index (χ1) is 12.2. The fourth-order valence-electron chi connectivity index (χ4n) is 2.04. The van der Waals surface area contributed by atoms with E-state index in [-0.39, 0.29) is 5.91 Å². The summed E-state index contributed by atoms with van der Waals surface area (Å²) in [5, 5.41) is 5.64. The first-order valence-corrected chi connectivity index (χ1v) is 10.3. The molecular formula is C20H32N2O3S. The van der Waals surface area contributed by atoms with Gasteiger partial charge in [0.25, 0.3) is 0 Å². The summed E-state index contributed by atoms with van der Waals surface area (Å²) in [7, 11) is 0. The molecule has 0 saturated carbocycles. The van der Waals surface area contributed by atoms with E-state index in [1.165, 1.54) is 5.56 Å². The predicted octanol–water partition coefficient (Wildman–Crippen LogP) is 3.98. The molecule has 0 aliphatic carbocycles. The van der Waals surface area contributed by atoms with Crippen LogP contribution < -0.4 is 10.6 Å². The van der Waals surface area contributed by atoms with Gasteiger partial charge in [0, 0.05) is 18.1 Å². The van der Waals surface area contributed by atoms with Crippen molar-refractivity contribution in [1.29, 1.82) is 0 Å². The summed E-state index contributed by atoms with van der Waals surface area (Å²) in [5.74, 6) is 1.50. The fourth-order valence-corrected chi connectivity index (χ4v) is 3.06. The minimum absolute atomic E-state index is 0.170. The zero-order chi connectivity index (χ0) is 19.6. The lowest BCUT2D eigenvalue weighted by molar-refractivity contribution is -0.122. The Morgan fingerprint density at radius 2 is 1.85 bits per heavy atom. The molecule has 0 fully saturated rings. The van der Waals surface area contributed by atoms with E-state index in [1.807, 2.05) is 30.3 Å². The van der Waals surface area contributed by atoms with Crippen molar-refractivity contribution in [1.82, 2.24) is 10.6 Å². The van der Waals surface area contributed by atoms with Crippen LogP contribution in [0.1, 0.15) is 46.6 Å². The Kier molecular flexibility index (Phi) is 9.55. The van der Waals surface area contributed by atoms with Gasteiger partial charge in [-0.3, -0.25) is 4.79 Å². The summed E-state index contributed by atoms with van der Waals surface area (Å²) >= 11 is 1.61. The van der Waals surface area contributed by atoms with Crippen molar-refractivity contribution in [2.24, 2.45) is 5.92 Å². The molecule has 1 rings (SSSR count). The molecule has 146 valence electrons. The minimum atomic E-state index is -0.623. The third-order valence-corrected chi connectivity index (χ3v) is 4.83. The van der Waals surface area contributed by atoms with Gasteiger partial charge in [-0.05, 0) is 32.3 Å². The first-order valence-electron chi connectivity index (χ1n) is 9.10. The highest BCUT2D eigenvalue weighted by molar-refractivity contribution is 7.98. The van der Waals surface area contributed by atoms with Gasteiger partial charge in [-0.2, -0.15) is 11.8 Å². The average Bonchev–Trinajstić information content (AvgIpc) is 2.57. The molecule has 1 aromatic rings. The summed E-state index contributed by atoms with van der Waals surface area (Å²) in [5.41, 5.74) is 0.590. The lowest BCUT2D eigenvalue weighted by atomic mass is 10.1. The molecule has 0 heterocycles. The van der Waals surface area contributed by atoms with E-state index in [0.717, 1.165) is 12.2 Å². The summed E-state index contributed by atoms with van der Waals surface area (Å²) in [6.45, 7) is 10.2. The number of thioether (sulfide) groups is 1. The van der Waals surface area contributed by atoms with Gasteiger partial charge in [0.2, 0.25) is 5.91 Å². The normalized spacial score (nSPS) is 13.6. The molecule has 0 radical (unpaired) electrons. The summed E-state index contributed by atoms with van der Waals surface area (Å²) in [6, 6.07) is 9.43. The quantitative estimate of drug-likeness (QED) is 0.680. The van der Waals surface area contributed by atoms with Crippen LogP contribution in [0.25, 0.3) is 0 Å². The molecule has 0 aromatic heterocycles. The zero-order valence-electron chi connectivity index (χ0n) is 16.5. The van der Waals surface area contributed by atoms with Crippen LogP contribution in [0.3, 0.4) is 0 Å². The van der Waals surface area contributed by atoms with Crippen molar-refractivity contribution in [3.63, 3.8) is 0 Å². The number of benzene rings is 1. The van der Waals surface area contributed by atoms with Gasteiger partial charge in [-0.1, -0.05) is 50.6 Å². The smallest absolute Gasteiger partial charge is 0.408 e. The van der Waals surface area contributed by atoms with E-state index in [0.29, 0.717) is 18.2 Å². The van der Waals surface area contributed by atoms with Crippen molar-refractivity contribution in [2.75, 3.05) is 12.3 Å². The standard InChI is InChI=1S/C20H32N2O3S/c1-6-15(2)12-21-18(23)17(22-19(24)25-20(3,4)5)14-26-13-16-10-8-7-9-11-16/h7-11,15,17H,6,12-14H2,1-5H3,(H,21,23)(H,22,24)/t15?,17-/m0/s1. The highest BCUT2D eigenvalue weighted by Crippen LogP contribution is 2.14. The summed E-state index contributed by atoms with van der Waals surface area (Å²) < 4.78 is 5.29. The molecule has 1 aromatic carbocycles.